The highest BCUT2D eigenvalue weighted by molar-refractivity contribution is 6.23. The molecule has 1 aliphatic rings. The summed E-state index contributed by atoms with van der Waals surface area (Å²) in [5.41, 5.74) is 17.0. The van der Waals surface area contributed by atoms with Crippen LogP contribution < -0.4 is 4.90 Å². The number of benzene rings is 8. The lowest BCUT2D eigenvalue weighted by atomic mass is 9.82. The Morgan fingerprint density at radius 1 is 0.393 bits per heavy atom. The predicted octanol–water partition coefficient (Wildman–Crippen LogP) is 14.2. The molecule has 0 unspecified atom stereocenters. The van der Waals surface area contributed by atoms with Gasteiger partial charge in [-0.2, -0.15) is 0 Å². The molecule has 3 heteroatoms. The molecule has 0 aliphatic heterocycles. The number of fused-ring (bicyclic) bond motifs is 8. The van der Waals surface area contributed by atoms with Gasteiger partial charge in [0.15, 0.2) is 0 Å². The summed E-state index contributed by atoms with van der Waals surface area (Å²) in [6.45, 7) is 4.70. The zero-order valence-electron chi connectivity index (χ0n) is 31.4. The second-order valence-corrected chi connectivity index (χ2v) is 15.4. The van der Waals surface area contributed by atoms with Crippen molar-refractivity contribution in [2.24, 2.45) is 0 Å². The monoisotopic (exact) mass is 717 g/mol. The Morgan fingerprint density at radius 2 is 0.929 bits per heavy atom. The van der Waals surface area contributed by atoms with Gasteiger partial charge in [0.2, 0.25) is 0 Å². The van der Waals surface area contributed by atoms with Crippen LogP contribution in [0.1, 0.15) is 25.0 Å². The molecule has 0 amide bonds. The molecule has 0 atom stereocenters. The van der Waals surface area contributed by atoms with Crippen molar-refractivity contribution in [3.63, 3.8) is 0 Å². The lowest BCUT2D eigenvalue weighted by Gasteiger charge is -2.28. The zero-order chi connectivity index (χ0) is 37.4. The number of hydrogen-bond acceptors (Lipinski definition) is 1. The maximum atomic E-state index is 2.43. The standard InChI is InChI=1S/C53H39N3/c1-53(2)47-24-14-12-22-43(47)44-32-31-42(35-48(44)53)54(38-16-6-3-7-17-38)41-29-26-36(27-30-41)37-28-33-50-46(34-37)51-45-23-13-15-25-49(45)55(39-18-8-4-9-19-39)52(51)56(50)40-20-10-5-11-21-40/h3-35H,1-2H3. The third-order valence-corrected chi connectivity index (χ3v) is 11.9. The number of hydrogen-bond donors (Lipinski definition) is 0. The first-order valence-electron chi connectivity index (χ1n) is 19.4. The summed E-state index contributed by atoms with van der Waals surface area (Å²) in [5.74, 6) is 0. The van der Waals surface area contributed by atoms with Crippen LogP contribution in [0, 0.1) is 0 Å². The van der Waals surface area contributed by atoms with Gasteiger partial charge in [0, 0.05) is 50.0 Å². The van der Waals surface area contributed by atoms with Crippen LogP contribution in [0.25, 0.3) is 66.5 Å². The highest BCUT2D eigenvalue weighted by Gasteiger charge is 2.35. The quantitative estimate of drug-likeness (QED) is 0.167. The van der Waals surface area contributed by atoms with Crippen molar-refractivity contribution in [2.75, 3.05) is 4.90 Å². The minimum Gasteiger partial charge on any atom is -0.310 e. The van der Waals surface area contributed by atoms with Gasteiger partial charge in [-0.1, -0.05) is 135 Å². The third kappa shape index (κ3) is 4.84. The van der Waals surface area contributed by atoms with E-state index in [4.69, 9.17) is 0 Å². The molecular weight excluding hydrogens is 679 g/mol. The van der Waals surface area contributed by atoms with Crippen molar-refractivity contribution in [1.82, 2.24) is 9.13 Å². The average Bonchev–Trinajstić information content (AvgIpc) is 3.85. The Bertz CT molecular complexity index is 3080. The Balaban J connectivity index is 1.06. The van der Waals surface area contributed by atoms with Gasteiger partial charge in [-0.3, -0.25) is 9.13 Å². The normalized spacial score (nSPS) is 13.0. The van der Waals surface area contributed by atoms with Gasteiger partial charge in [-0.05, 0) is 112 Å². The molecule has 2 aromatic heterocycles. The molecule has 10 aromatic rings. The highest BCUT2D eigenvalue weighted by atomic mass is 15.1. The van der Waals surface area contributed by atoms with Crippen LogP contribution in [-0.4, -0.2) is 9.13 Å². The fourth-order valence-electron chi connectivity index (χ4n) is 9.26. The van der Waals surface area contributed by atoms with Crippen molar-refractivity contribution < 1.29 is 0 Å². The van der Waals surface area contributed by atoms with Crippen LogP contribution >= 0.6 is 0 Å². The lowest BCUT2D eigenvalue weighted by Crippen LogP contribution is -2.16. The van der Waals surface area contributed by atoms with E-state index in [0.717, 1.165) is 28.4 Å². The van der Waals surface area contributed by atoms with E-state index in [1.165, 1.54) is 66.2 Å². The maximum absolute atomic E-state index is 2.43. The molecule has 0 fully saturated rings. The highest BCUT2D eigenvalue weighted by Crippen LogP contribution is 2.51. The Kier molecular flexibility index (Phi) is 7.20. The second kappa shape index (κ2) is 12.5. The van der Waals surface area contributed by atoms with Crippen LogP contribution in [0.3, 0.4) is 0 Å². The van der Waals surface area contributed by atoms with Gasteiger partial charge in [-0.25, -0.2) is 0 Å². The molecule has 8 aromatic carbocycles. The number of anilines is 3. The summed E-state index contributed by atoms with van der Waals surface area (Å²) in [4.78, 5) is 2.38. The van der Waals surface area contributed by atoms with E-state index in [2.05, 4.69) is 228 Å². The van der Waals surface area contributed by atoms with Gasteiger partial charge in [-0.15, -0.1) is 0 Å². The summed E-state index contributed by atoms with van der Waals surface area (Å²) < 4.78 is 4.85. The minimum atomic E-state index is -0.0783. The SMILES string of the molecule is CC1(C)c2ccccc2-c2ccc(N(c3ccccc3)c3ccc(-c4ccc5c(c4)c4c6ccccc6n(-c6ccccc6)c4n5-c4ccccc4)cc3)cc21. The van der Waals surface area contributed by atoms with E-state index in [1.807, 2.05) is 0 Å². The van der Waals surface area contributed by atoms with E-state index < -0.39 is 0 Å². The summed E-state index contributed by atoms with van der Waals surface area (Å²) in [7, 11) is 0. The molecule has 0 radical (unpaired) electrons. The second-order valence-electron chi connectivity index (χ2n) is 15.4. The van der Waals surface area contributed by atoms with Crippen LogP contribution in [0.5, 0.6) is 0 Å². The number of nitrogens with zero attached hydrogens (tertiary/aromatic N) is 3. The Morgan fingerprint density at radius 3 is 1.64 bits per heavy atom. The van der Waals surface area contributed by atoms with Crippen molar-refractivity contribution in [3.05, 3.63) is 211 Å². The molecule has 2 heterocycles. The number of para-hydroxylation sites is 4. The van der Waals surface area contributed by atoms with Crippen molar-refractivity contribution in [3.8, 4) is 33.6 Å². The summed E-state index contributed by atoms with van der Waals surface area (Å²) in [6, 6.07) is 72.9. The molecule has 0 saturated heterocycles. The summed E-state index contributed by atoms with van der Waals surface area (Å²) in [6.07, 6.45) is 0. The van der Waals surface area contributed by atoms with Crippen LogP contribution in [-0.2, 0) is 5.41 Å². The smallest absolute Gasteiger partial charge is 0.131 e. The van der Waals surface area contributed by atoms with Gasteiger partial charge in [0.05, 0.1) is 11.0 Å². The number of rotatable bonds is 6. The molecule has 0 N–H and O–H groups in total. The van der Waals surface area contributed by atoms with Crippen LogP contribution in [0.15, 0.2) is 200 Å². The third-order valence-electron chi connectivity index (χ3n) is 11.9. The molecule has 1 aliphatic carbocycles. The molecule has 266 valence electrons. The topological polar surface area (TPSA) is 13.1 Å². The van der Waals surface area contributed by atoms with Gasteiger partial charge in [0.1, 0.15) is 5.65 Å². The average molecular weight is 718 g/mol. The van der Waals surface area contributed by atoms with Crippen LogP contribution in [0.2, 0.25) is 0 Å². The van der Waals surface area contributed by atoms with E-state index in [1.54, 1.807) is 0 Å². The van der Waals surface area contributed by atoms with E-state index in [9.17, 15) is 0 Å². The first kappa shape index (κ1) is 32.3. The first-order chi connectivity index (χ1) is 27.6. The van der Waals surface area contributed by atoms with Gasteiger partial charge >= 0.3 is 0 Å². The van der Waals surface area contributed by atoms with Crippen molar-refractivity contribution >= 4 is 49.9 Å². The van der Waals surface area contributed by atoms with Crippen LogP contribution in [0.4, 0.5) is 17.1 Å². The Hall–Kier alpha value is -7.10. The molecule has 56 heavy (non-hydrogen) atoms. The van der Waals surface area contributed by atoms with E-state index in [0.29, 0.717) is 0 Å². The van der Waals surface area contributed by atoms with E-state index in [-0.39, 0.29) is 5.41 Å². The molecule has 0 spiro atoms. The van der Waals surface area contributed by atoms with Gasteiger partial charge in [0.25, 0.3) is 0 Å². The van der Waals surface area contributed by atoms with Crippen molar-refractivity contribution in [1.29, 1.82) is 0 Å². The largest absolute Gasteiger partial charge is 0.310 e. The fourth-order valence-corrected chi connectivity index (χ4v) is 9.26. The molecule has 11 rings (SSSR count). The molecule has 0 saturated carbocycles. The number of aromatic nitrogens is 2. The molecule has 3 nitrogen and oxygen atoms in total. The van der Waals surface area contributed by atoms with Crippen molar-refractivity contribution in [2.45, 2.75) is 19.3 Å². The molecule has 0 bridgehead atoms. The fraction of sp³-hybridized carbons (Fsp3) is 0.0566. The lowest BCUT2D eigenvalue weighted by molar-refractivity contribution is 0.660. The summed E-state index contributed by atoms with van der Waals surface area (Å²) >= 11 is 0. The van der Waals surface area contributed by atoms with Gasteiger partial charge < -0.3 is 4.90 Å². The first-order valence-corrected chi connectivity index (χ1v) is 19.4. The van der Waals surface area contributed by atoms with E-state index >= 15 is 0 Å². The predicted molar refractivity (Wildman–Crippen MR) is 235 cm³/mol. The minimum absolute atomic E-state index is 0.0783. The summed E-state index contributed by atoms with van der Waals surface area (Å²) in [5, 5.41) is 3.75. The Labute approximate surface area is 327 Å². The molecular formula is C53H39N3. The maximum Gasteiger partial charge on any atom is 0.131 e. The zero-order valence-corrected chi connectivity index (χ0v) is 31.4.